The van der Waals surface area contributed by atoms with Crippen LogP contribution in [0.25, 0.3) is 0 Å². The van der Waals surface area contributed by atoms with Gasteiger partial charge in [-0.25, -0.2) is 9.59 Å². The fourth-order valence-electron chi connectivity index (χ4n) is 8.88. The van der Waals surface area contributed by atoms with Crippen molar-refractivity contribution in [1.29, 1.82) is 0 Å². The van der Waals surface area contributed by atoms with Gasteiger partial charge in [0, 0.05) is 55.5 Å². The van der Waals surface area contributed by atoms with E-state index in [0.717, 1.165) is 22.3 Å². The molecule has 0 spiro atoms. The first-order valence-corrected chi connectivity index (χ1v) is 23.6. The van der Waals surface area contributed by atoms with Gasteiger partial charge >= 0.3 is 11.9 Å². The van der Waals surface area contributed by atoms with Crippen LogP contribution in [0, 0.1) is 29.7 Å². The van der Waals surface area contributed by atoms with Crippen LogP contribution in [0.15, 0.2) is 77.9 Å². The van der Waals surface area contributed by atoms with Crippen molar-refractivity contribution in [3.63, 3.8) is 0 Å². The number of hydrogen-bond donors (Lipinski definition) is 0. The van der Waals surface area contributed by atoms with Gasteiger partial charge in [-0.3, -0.25) is 0 Å². The Morgan fingerprint density at radius 2 is 0.918 bits per heavy atom. The molecule has 16 nitrogen and oxygen atoms in total. The molecule has 0 unspecified atom stereocenters. The van der Waals surface area contributed by atoms with E-state index < -0.39 is 0 Å². The summed E-state index contributed by atoms with van der Waals surface area (Å²) in [6.07, 6.45) is 4.20. The Labute approximate surface area is 444 Å². The second-order valence-electron chi connectivity index (χ2n) is 17.1. The molecule has 6 rings (SSSR count). The van der Waals surface area contributed by atoms with Gasteiger partial charge < -0.3 is 66.3 Å². The molecule has 2 saturated heterocycles. The number of benzene rings is 4. The predicted molar refractivity (Wildman–Crippen MR) is 270 cm³/mol. The zero-order valence-electron chi connectivity index (χ0n) is 44.5. The molecule has 0 saturated carbocycles. The minimum Gasteiger partial charge on any atom is -0.551 e. The van der Waals surface area contributed by atoms with Gasteiger partial charge in [-0.15, -0.1) is 12.1 Å². The van der Waals surface area contributed by atoms with E-state index in [1.807, 2.05) is 68.4 Å². The summed E-state index contributed by atoms with van der Waals surface area (Å²) in [5.41, 5.74) is 4.94. The molecule has 2 fully saturated rings. The van der Waals surface area contributed by atoms with Gasteiger partial charge in [0.15, 0.2) is 34.5 Å². The number of carbonyl (C=O) groups excluding carboxylic acids is 2. The number of ether oxygens (including phenoxy) is 14. The molecule has 0 amide bonds. The van der Waals surface area contributed by atoms with Gasteiger partial charge in [0.25, 0.3) is 0 Å². The van der Waals surface area contributed by atoms with Crippen LogP contribution in [-0.2, 0) is 62.4 Å². The Morgan fingerprint density at radius 1 is 0.521 bits per heavy atom. The molecule has 4 aromatic carbocycles. The molecular formula is C56H71MoO16-. The van der Waals surface area contributed by atoms with E-state index in [2.05, 4.69) is 6.07 Å². The first kappa shape index (κ1) is 59.5. The minimum absolute atomic E-state index is 0. The molecule has 0 aromatic heterocycles. The van der Waals surface area contributed by atoms with Crippen molar-refractivity contribution in [3.05, 3.63) is 106 Å². The van der Waals surface area contributed by atoms with Gasteiger partial charge in [-0.05, 0) is 99.0 Å². The standard InChI is InChI=1S/C28H36O8.C28H35O8.Mo/c2*1-8-17(2)28(29)36-16-21-20(11-18-9-10-22(30-3)23(12-18)31-4)15-35-26(21)19-13-24(32-5)27(34-7)25(14-19)33-6;/h8-10,12-14,20-21,26H,11,15-16H2,1-7H3;8-9,12-14,20-21,26H,11,15-16H2,1-7H3;/q;-1;/b2*17-8-;/t2*20-,21-,26+;/m00./s1. The Balaban J connectivity index is 0.000000312. The van der Waals surface area contributed by atoms with Crippen molar-refractivity contribution in [3.8, 4) is 57.5 Å². The van der Waals surface area contributed by atoms with Gasteiger partial charge in [-0.2, -0.15) is 11.6 Å². The Kier molecular flexibility index (Phi) is 23.6. The maximum absolute atomic E-state index is 12.5. The third kappa shape index (κ3) is 14.6. The van der Waals surface area contributed by atoms with E-state index in [4.69, 9.17) is 66.3 Å². The summed E-state index contributed by atoms with van der Waals surface area (Å²) in [4.78, 5) is 24.9. The molecule has 0 aliphatic carbocycles. The first-order chi connectivity index (χ1) is 34.8. The largest absolute Gasteiger partial charge is 0.551 e. The van der Waals surface area contributed by atoms with Crippen molar-refractivity contribution in [1.82, 2.24) is 0 Å². The van der Waals surface area contributed by atoms with Crippen LogP contribution in [-0.4, -0.2) is 109 Å². The Hall–Kier alpha value is -6.09. The quantitative estimate of drug-likeness (QED) is 0.0316. The van der Waals surface area contributed by atoms with Crippen molar-refractivity contribution >= 4 is 11.9 Å². The van der Waals surface area contributed by atoms with Gasteiger partial charge in [0.05, 0.1) is 110 Å². The van der Waals surface area contributed by atoms with E-state index in [1.165, 1.54) is 0 Å². The molecule has 4 aromatic rings. The molecule has 17 heteroatoms. The SMILES string of the molecule is C/C=C(/C)C(=O)OC[C@H]1[C@@H](Cc2c[c-]c(OC)c(OC)c2)CO[C@@H]1c1cc(OC)c(OC)c(OC)c1.C/C=C(/C)C(=O)OC[C@H]1[C@@H](Cc2ccc(OC)c(OC)c2)CO[C@@H]1c1cc(OC)c(OC)c(OC)c1.[Mo]. The Morgan fingerprint density at radius 3 is 1.29 bits per heavy atom. The summed E-state index contributed by atoms with van der Waals surface area (Å²) in [6.45, 7) is 8.50. The number of allylic oxidation sites excluding steroid dienone is 2. The first-order valence-electron chi connectivity index (χ1n) is 23.6. The zero-order valence-corrected chi connectivity index (χ0v) is 46.5. The van der Waals surface area contributed by atoms with E-state index >= 15 is 0 Å². The van der Waals surface area contributed by atoms with Crippen molar-refractivity contribution in [2.24, 2.45) is 23.7 Å². The molecule has 2 aliphatic rings. The normalized spacial score (nSPS) is 19.3. The second-order valence-corrected chi connectivity index (χ2v) is 17.1. The third-order valence-corrected chi connectivity index (χ3v) is 13.1. The molecule has 2 aliphatic heterocycles. The summed E-state index contributed by atoms with van der Waals surface area (Å²) >= 11 is 0. The van der Waals surface area contributed by atoms with Crippen LogP contribution in [0.2, 0.25) is 0 Å². The zero-order chi connectivity index (χ0) is 52.5. The second kappa shape index (κ2) is 29.0. The molecule has 0 bridgehead atoms. The fourth-order valence-corrected chi connectivity index (χ4v) is 8.88. The van der Waals surface area contributed by atoms with E-state index in [9.17, 15) is 9.59 Å². The molecule has 6 atom stereocenters. The van der Waals surface area contributed by atoms with Crippen LogP contribution in [0.1, 0.15) is 62.2 Å². The summed E-state index contributed by atoms with van der Waals surface area (Å²) in [7, 11) is 15.8. The third-order valence-electron chi connectivity index (χ3n) is 13.1. The molecule has 0 N–H and O–H groups in total. The topological polar surface area (TPSA) is 163 Å². The fraction of sp³-hybridized carbons (Fsp3) is 0.464. The van der Waals surface area contributed by atoms with Crippen LogP contribution in [0.5, 0.6) is 57.5 Å². The minimum atomic E-state index is -0.341. The van der Waals surface area contributed by atoms with Crippen molar-refractivity contribution in [2.75, 3.05) is 97.5 Å². The summed E-state index contributed by atoms with van der Waals surface area (Å²) < 4.78 is 78.8. The van der Waals surface area contributed by atoms with Crippen LogP contribution in [0.3, 0.4) is 0 Å². The predicted octanol–water partition coefficient (Wildman–Crippen LogP) is 9.37. The number of methoxy groups -OCH3 is 10. The summed E-state index contributed by atoms with van der Waals surface area (Å²) in [5, 5.41) is 0. The number of carbonyl (C=O) groups is 2. The number of esters is 2. The molecule has 398 valence electrons. The maximum Gasteiger partial charge on any atom is 0.333 e. The monoisotopic (exact) mass is 1100 g/mol. The number of rotatable bonds is 22. The van der Waals surface area contributed by atoms with Crippen molar-refractivity contribution < 1.29 is 97.0 Å². The van der Waals surface area contributed by atoms with E-state index in [-0.39, 0.29) is 82.1 Å². The molecule has 2 heterocycles. The van der Waals surface area contributed by atoms with Gasteiger partial charge in [-0.1, -0.05) is 24.6 Å². The van der Waals surface area contributed by atoms with Crippen molar-refractivity contribution in [2.45, 2.75) is 52.7 Å². The van der Waals surface area contributed by atoms with Crippen LogP contribution < -0.4 is 47.4 Å². The van der Waals surface area contributed by atoms with Gasteiger partial charge in [0.1, 0.15) is 0 Å². The number of hydrogen-bond acceptors (Lipinski definition) is 16. The smallest absolute Gasteiger partial charge is 0.333 e. The van der Waals surface area contributed by atoms with Gasteiger partial charge in [0.2, 0.25) is 11.5 Å². The Bertz CT molecular complexity index is 2280. The van der Waals surface area contributed by atoms with Crippen LogP contribution >= 0.6 is 0 Å². The molecule has 0 radical (unpaired) electrons. The van der Waals surface area contributed by atoms with Crippen LogP contribution in [0.4, 0.5) is 0 Å². The molecular weight excluding hydrogens is 1020 g/mol. The average Bonchev–Trinajstić information content (AvgIpc) is 4.02. The average molecular weight is 1100 g/mol. The summed E-state index contributed by atoms with van der Waals surface area (Å²) in [6, 6.07) is 20.4. The molecule has 73 heavy (non-hydrogen) atoms. The summed E-state index contributed by atoms with van der Waals surface area (Å²) in [5.74, 6) is 4.93. The van der Waals surface area contributed by atoms with E-state index in [0.29, 0.717) is 94.7 Å². The maximum atomic E-state index is 12.5. The van der Waals surface area contributed by atoms with E-state index in [1.54, 1.807) is 97.1 Å².